The molecule has 1 aliphatic rings. The Morgan fingerprint density at radius 1 is 1.50 bits per heavy atom. The lowest BCUT2D eigenvalue weighted by atomic mass is 9.94. The van der Waals surface area contributed by atoms with E-state index in [2.05, 4.69) is 0 Å². The van der Waals surface area contributed by atoms with Crippen molar-refractivity contribution in [2.45, 2.75) is 18.8 Å². The molecule has 0 amide bonds. The van der Waals surface area contributed by atoms with Crippen LogP contribution in [0.4, 0.5) is 4.39 Å². The summed E-state index contributed by atoms with van der Waals surface area (Å²) in [5.41, 5.74) is 0.492. The third-order valence-corrected chi connectivity index (χ3v) is 2.85. The van der Waals surface area contributed by atoms with Crippen molar-refractivity contribution in [3.63, 3.8) is 0 Å². The number of hydrogen-bond donors (Lipinski definition) is 1. The van der Waals surface area contributed by atoms with E-state index >= 15 is 0 Å². The number of carboxylic acid groups (broad SMARTS) is 1. The molecule has 2 rings (SSSR count). The summed E-state index contributed by atoms with van der Waals surface area (Å²) in [6, 6.07) is 4.12. The molecule has 0 heterocycles. The van der Waals surface area contributed by atoms with Gasteiger partial charge in [-0.2, -0.15) is 0 Å². The molecular weight excluding hydrogens is 211 g/mol. The molecule has 1 aromatic rings. The molecule has 1 N–H and O–H groups in total. The number of aliphatic carboxylic acids is 1. The van der Waals surface area contributed by atoms with E-state index in [4.69, 9.17) is 9.84 Å². The molecule has 0 aliphatic heterocycles. The van der Waals surface area contributed by atoms with Gasteiger partial charge in [0.15, 0.2) is 0 Å². The van der Waals surface area contributed by atoms with E-state index in [1.165, 1.54) is 19.2 Å². The zero-order valence-corrected chi connectivity index (χ0v) is 8.94. The van der Waals surface area contributed by atoms with Crippen molar-refractivity contribution in [1.29, 1.82) is 0 Å². The maximum atomic E-state index is 13.2. The van der Waals surface area contributed by atoms with Crippen LogP contribution in [-0.2, 0) is 4.79 Å². The molecule has 0 spiro atoms. The van der Waals surface area contributed by atoms with E-state index in [0.717, 1.165) is 12.8 Å². The second-order valence-corrected chi connectivity index (χ2v) is 4.08. The number of carbonyl (C=O) groups is 1. The van der Waals surface area contributed by atoms with Gasteiger partial charge < -0.3 is 9.84 Å². The van der Waals surface area contributed by atoms with E-state index in [9.17, 15) is 9.18 Å². The van der Waals surface area contributed by atoms with Gasteiger partial charge in [-0.1, -0.05) is 0 Å². The van der Waals surface area contributed by atoms with E-state index in [1.54, 1.807) is 6.07 Å². The quantitative estimate of drug-likeness (QED) is 0.854. The highest BCUT2D eigenvalue weighted by atomic mass is 19.1. The normalized spacial score (nSPS) is 16.9. The van der Waals surface area contributed by atoms with Crippen LogP contribution in [0.3, 0.4) is 0 Å². The van der Waals surface area contributed by atoms with E-state index in [1.807, 2.05) is 0 Å². The van der Waals surface area contributed by atoms with Crippen LogP contribution >= 0.6 is 0 Å². The molecule has 1 aromatic carbocycles. The Labute approximate surface area is 92.9 Å². The minimum Gasteiger partial charge on any atom is -0.497 e. The molecule has 1 aliphatic carbocycles. The first-order chi connectivity index (χ1) is 7.61. The molecule has 3 nitrogen and oxygen atoms in total. The fraction of sp³-hybridized carbons (Fsp3) is 0.417. The first-order valence-corrected chi connectivity index (χ1v) is 5.19. The average molecular weight is 224 g/mol. The highest BCUT2D eigenvalue weighted by Gasteiger charge is 2.37. The van der Waals surface area contributed by atoms with Crippen molar-refractivity contribution < 1.29 is 19.0 Å². The number of rotatable bonds is 4. The molecule has 4 heteroatoms. The van der Waals surface area contributed by atoms with Gasteiger partial charge in [0.1, 0.15) is 11.6 Å². The lowest BCUT2D eigenvalue weighted by Gasteiger charge is -2.12. The van der Waals surface area contributed by atoms with E-state index < -0.39 is 17.7 Å². The fourth-order valence-corrected chi connectivity index (χ4v) is 1.93. The average Bonchev–Trinajstić information content (AvgIpc) is 3.00. The van der Waals surface area contributed by atoms with Crippen LogP contribution in [0.25, 0.3) is 0 Å². The molecule has 1 fully saturated rings. The van der Waals surface area contributed by atoms with Gasteiger partial charge in [0.05, 0.1) is 13.0 Å². The number of hydrogen-bond acceptors (Lipinski definition) is 2. The summed E-state index contributed by atoms with van der Waals surface area (Å²) in [5.74, 6) is -1.45. The van der Waals surface area contributed by atoms with Gasteiger partial charge >= 0.3 is 5.97 Å². The number of ether oxygens (including phenoxy) is 1. The summed E-state index contributed by atoms with van der Waals surface area (Å²) >= 11 is 0. The van der Waals surface area contributed by atoms with E-state index in [-0.39, 0.29) is 5.92 Å². The largest absolute Gasteiger partial charge is 0.497 e. The molecule has 1 atom stereocenters. The van der Waals surface area contributed by atoms with Gasteiger partial charge in [0.2, 0.25) is 0 Å². The number of halogens is 1. The Bertz CT molecular complexity index is 413. The summed E-state index contributed by atoms with van der Waals surface area (Å²) in [4.78, 5) is 11.1. The molecular formula is C12H13FO3. The van der Waals surface area contributed by atoms with Crippen LogP contribution in [0.5, 0.6) is 5.75 Å². The minimum absolute atomic E-state index is 0.143. The van der Waals surface area contributed by atoms with Crippen molar-refractivity contribution in [2.75, 3.05) is 7.11 Å². The van der Waals surface area contributed by atoms with Gasteiger partial charge in [0, 0.05) is 6.07 Å². The summed E-state index contributed by atoms with van der Waals surface area (Å²) in [7, 11) is 1.44. The standard InChI is InChI=1S/C12H13FO3/c1-16-10-5-8(4-9(13)6-10)11(12(14)15)7-2-3-7/h4-7,11H,2-3H2,1H3,(H,14,15). The molecule has 0 bridgehead atoms. The summed E-state index contributed by atoms with van der Waals surface area (Å²) in [6.07, 6.45) is 1.80. The molecule has 0 radical (unpaired) electrons. The first kappa shape index (κ1) is 10.9. The zero-order chi connectivity index (χ0) is 11.7. The Kier molecular flexibility index (Phi) is 2.81. The molecule has 0 aromatic heterocycles. The second-order valence-electron chi connectivity index (χ2n) is 4.08. The summed E-state index contributed by atoms with van der Waals surface area (Å²) in [5, 5.41) is 9.13. The van der Waals surface area contributed by atoms with Gasteiger partial charge in [-0.15, -0.1) is 0 Å². The predicted molar refractivity (Wildman–Crippen MR) is 56.1 cm³/mol. The lowest BCUT2D eigenvalue weighted by molar-refractivity contribution is -0.139. The maximum Gasteiger partial charge on any atom is 0.311 e. The van der Waals surface area contributed by atoms with Gasteiger partial charge in [0.25, 0.3) is 0 Å². The smallest absolute Gasteiger partial charge is 0.311 e. The van der Waals surface area contributed by atoms with Gasteiger partial charge in [-0.25, -0.2) is 4.39 Å². The Morgan fingerprint density at radius 2 is 2.19 bits per heavy atom. The third-order valence-electron chi connectivity index (χ3n) is 2.85. The van der Waals surface area contributed by atoms with Crippen LogP contribution < -0.4 is 4.74 Å². The first-order valence-electron chi connectivity index (χ1n) is 5.19. The van der Waals surface area contributed by atoms with Gasteiger partial charge in [-0.05, 0) is 36.5 Å². The Hall–Kier alpha value is -1.58. The SMILES string of the molecule is COc1cc(F)cc(C(C(=O)O)C2CC2)c1. The van der Waals surface area contributed by atoms with Crippen molar-refractivity contribution in [3.8, 4) is 5.75 Å². The van der Waals surface area contributed by atoms with Crippen LogP contribution in [0.15, 0.2) is 18.2 Å². The molecule has 1 unspecified atom stereocenters. The lowest BCUT2D eigenvalue weighted by Crippen LogP contribution is -2.14. The van der Waals surface area contributed by atoms with Crippen LogP contribution in [-0.4, -0.2) is 18.2 Å². The molecule has 86 valence electrons. The third kappa shape index (κ3) is 2.15. The van der Waals surface area contributed by atoms with Crippen molar-refractivity contribution in [1.82, 2.24) is 0 Å². The fourth-order valence-electron chi connectivity index (χ4n) is 1.93. The van der Waals surface area contributed by atoms with E-state index in [0.29, 0.717) is 11.3 Å². The van der Waals surface area contributed by atoms with Gasteiger partial charge in [-0.3, -0.25) is 4.79 Å². The van der Waals surface area contributed by atoms with Crippen LogP contribution in [0, 0.1) is 11.7 Å². The topological polar surface area (TPSA) is 46.5 Å². The maximum absolute atomic E-state index is 13.2. The zero-order valence-electron chi connectivity index (χ0n) is 8.94. The number of carboxylic acids is 1. The molecule has 1 saturated carbocycles. The summed E-state index contributed by atoms with van der Waals surface area (Å²) in [6.45, 7) is 0. The van der Waals surface area contributed by atoms with Crippen LogP contribution in [0.1, 0.15) is 24.3 Å². The minimum atomic E-state index is -0.893. The highest BCUT2D eigenvalue weighted by Crippen LogP contribution is 2.43. The highest BCUT2D eigenvalue weighted by molar-refractivity contribution is 5.77. The van der Waals surface area contributed by atoms with Crippen LogP contribution in [0.2, 0.25) is 0 Å². The number of benzene rings is 1. The van der Waals surface area contributed by atoms with Crippen molar-refractivity contribution in [2.24, 2.45) is 5.92 Å². The predicted octanol–water partition coefficient (Wildman–Crippen LogP) is 2.41. The number of methoxy groups -OCH3 is 1. The summed E-state index contributed by atoms with van der Waals surface area (Å²) < 4.78 is 18.2. The second kappa shape index (κ2) is 4.12. The Morgan fingerprint density at radius 3 is 2.69 bits per heavy atom. The van der Waals surface area contributed by atoms with Crippen molar-refractivity contribution >= 4 is 5.97 Å². The molecule has 16 heavy (non-hydrogen) atoms. The monoisotopic (exact) mass is 224 g/mol. The van der Waals surface area contributed by atoms with Crippen molar-refractivity contribution in [3.05, 3.63) is 29.6 Å². The molecule has 0 saturated heterocycles. The Balaban J connectivity index is 2.36.